The second-order valence-corrected chi connectivity index (χ2v) is 9.64. The minimum atomic E-state index is 0. The molecule has 1 aromatic rings. The van der Waals surface area contributed by atoms with Gasteiger partial charge < -0.3 is 20.0 Å². The van der Waals surface area contributed by atoms with E-state index in [0.717, 1.165) is 61.6 Å². The van der Waals surface area contributed by atoms with Gasteiger partial charge in [0.25, 0.3) is 0 Å². The number of piperidine rings is 3. The fourth-order valence-corrected chi connectivity index (χ4v) is 5.51. The molecule has 31 heavy (non-hydrogen) atoms. The third-order valence-corrected chi connectivity index (χ3v) is 7.60. The standard InChI is InChI=1S/C23H40N6O.HI/c1-16-17(2)30-22(26-16)15-29-10-8-18(9-11-29)14-25-23(24-3)27-19-12-20-6-5-7-21(13-19)28(20)4;/h18-21H,5-15H2,1-4H3,(H2,24,25,27);1H. The van der Waals surface area contributed by atoms with Crippen LogP contribution in [0, 0.1) is 19.8 Å². The summed E-state index contributed by atoms with van der Waals surface area (Å²) in [5.41, 5.74) is 1.01. The average Bonchev–Trinajstić information content (AvgIpc) is 3.03. The van der Waals surface area contributed by atoms with Crippen molar-refractivity contribution >= 4 is 29.9 Å². The normalized spacial score (nSPS) is 28.3. The van der Waals surface area contributed by atoms with Gasteiger partial charge in [-0.2, -0.15) is 0 Å². The fraction of sp³-hybridized carbons (Fsp3) is 0.826. The smallest absolute Gasteiger partial charge is 0.208 e. The number of aryl methyl sites for hydroxylation is 2. The highest BCUT2D eigenvalue weighted by atomic mass is 127. The molecule has 2 unspecified atom stereocenters. The highest BCUT2D eigenvalue weighted by Crippen LogP contribution is 2.32. The Bertz CT molecular complexity index is 696. The summed E-state index contributed by atoms with van der Waals surface area (Å²) in [6.07, 6.45) is 9.00. The second kappa shape index (κ2) is 11.3. The predicted molar refractivity (Wildman–Crippen MR) is 136 cm³/mol. The number of hydrogen-bond acceptors (Lipinski definition) is 5. The first-order valence-corrected chi connectivity index (χ1v) is 11.9. The van der Waals surface area contributed by atoms with Gasteiger partial charge in [0.05, 0.1) is 12.2 Å². The van der Waals surface area contributed by atoms with E-state index in [1.165, 1.54) is 44.9 Å². The molecule has 1 aromatic heterocycles. The van der Waals surface area contributed by atoms with Crippen LogP contribution >= 0.6 is 24.0 Å². The maximum absolute atomic E-state index is 5.75. The Hall–Kier alpha value is -0.870. The van der Waals surface area contributed by atoms with Crippen LogP contribution < -0.4 is 10.6 Å². The van der Waals surface area contributed by atoms with Crippen LogP contribution in [0.2, 0.25) is 0 Å². The number of hydrogen-bond donors (Lipinski definition) is 2. The quantitative estimate of drug-likeness (QED) is 0.337. The van der Waals surface area contributed by atoms with E-state index in [2.05, 4.69) is 37.5 Å². The number of halogens is 1. The maximum atomic E-state index is 5.75. The first-order valence-electron chi connectivity index (χ1n) is 11.9. The van der Waals surface area contributed by atoms with Crippen molar-refractivity contribution in [3.63, 3.8) is 0 Å². The van der Waals surface area contributed by atoms with Crippen molar-refractivity contribution in [2.45, 2.75) is 83.5 Å². The van der Waals surface area contributed by atoms with E-state index in [1.54, 1.807) is 0 Å². The van der Waals surface area contributed by atoms with Gasteiger partial charge in [0, 0.05) is 31.7 Å². The van der Waals surface area contributed by atoms with Crippen molar-refractivity contribution in [2.24, 2.45) is 10.9 Å². The average molecular weight is 545 g/mol. The topological polar surface area (TPSA) is 68.9 Å². The molecule has 8 heteroatoms. The molecule has 0 spiro atoms. The Morgan fingerprint density at radius 3 is 2.39 bits per heavy atom. The molecule has 4 rings (SSSR count). The summed E-state index contributed by atoms with van der Waals surface area (Å²) in [4.78, 5) is 14.1. The number of likely N-dealkylation sites (tertiary alicyclic amines) is 1. The molecule has 3 fully saturated rings. The Labute approximate surface area is 204 Å². The number of aromatic nitrogens is 1. The monoisotopic (exact) mass is 544 g/mol. The molecule has 0 aliphatic carbocycles. The van der Waals surface area contributed by atoms with Crippen molar-refractivity contribution in [2.75, 3.05) is 33.7 Å². The summed E-state index contributed by atoms with van der Waals surface area (Å²) in [6, 6.07) is 2.04. The molecule has 176 valence electrons. The van der Waals surface area contributed by atoms with E-state index < -0.39 is 0 Å². The third kappa shape index (κ3) is 6.35. The summed E-state index contributed by atoms with van der Waals surface area (Å²) in [5.74, 6) is 3.48. The molecule has 0 radical (unpaired) electrons. The summed E-state index contributed by atoms with van der Waals surface area (Å²) in [7, 11) is 4.21. The van der Waals surface area contributed by atoms with Crippen molar-refractivity contribution < 1.29 is 4.42 Å². The molecule has 0 amide bonds. The van der Waals surface area contributed by atoms with Gasteiger partial charge in [0.2, 0.25) is 5.89 Å². The molecule has 2 bridgehead atoms. The molecule has 3 aliphatic rings. The summed E-state index contributed by atoms with van der Waals surface area (Å²) < 4.78 is 5.75. The van der Waals surface area contributed by atoms with E-state index in [1.807, 2.05) is 20.9 Å². The zero-order valence-electron chi connectivity index (χ0n) is 19.7. The van der Waals surface area contributed by atoms with Crippen LogP contribution in [0.1, 0.15) is 62.3 Å². The molecule has 2 atom stereocenters. The number of oxazole rings is 1. The lowest BCUT2D eigenvalue weighted by Gasteiger charge is -2.47. The minimum Gasteiger partial charge on any atom is -0.444 e. The molecule has 3 saturated heterocycles. The molecule has 3 aliphatic heterocycles. The summed E-state index contributed by atoms with van der Waals surface area (Å²) >= 11 is 0. The van der Waals surface area contributed by atoms with Crippen molar-refractivity contribution in [1.29, 1.82) is 0 Å². The second-order valence-electron chi connectivity index (χ2n) is 9.64. The van der Waals surface area contributed by atoms with Crippen LogP contribution in [0.5, 0.6) is 0 Å². The largest absolute Gasteiger partial charge is 0.444 e. The minimum absolute atomic E-state index is 0. The molecule has 2 N–H and O–H groups in total. The van der Waals surface area contributed by atoms with Crippen LogP contribution in [0.3, 0.4) is 0 Å². The zero-order valence-corrected chi connectivity index (χ0v) is 22.0. The number of guanidine groups is 1. The first-order chi connectivity index (χ1) is 14.5. The predicted octanol–water partition coefficient (Wildman–Crippen LogP) is 3.30. The van der Waals surface area contributed by atoms with Crippen LogP contribution in [0.15, 0.2) is 9.41 Å². The van der Waals surface area contributed by atoms with Crippen molar-refractivity contribution in [3.05, 3.63) is 17.3 Å². The fourth-order valence-electron chi connectivity index (χ4n) is 5.51. The summed E-state index contributed by atoms with van der Waals surface area (Å²) in [5, 5.41) is 7.34. The number of fused-ring (bicyclic) bond motifs is 2. The van der Waals surface area contributed by atoms with E-state index in [-0.39, 0.29) is 24.0 Å². The number of rotatable bonds is 5. The first kappa shape index (κ1) is 24.8. The molecular formula is C23H41IN6O. The lowest BCUT2D eigenvalue weighted by molar-refractivity contribution is 0.0526. The van der Waals surface area contributed by atoms with Crippen LogP contribution in [0.25, 0.3) is 0 Å². The van der Waals surface area contributed by atoms with Crippen LogP contribution in [-0.2, 0) is 6.54 Å². The van der Waals surface area contributed by atoms with Crippen LogP contribution in [0.4, 0.5) is 0 Å². The Morgan fingerprint density at radius 1 is 1.13 bits per heavy atom. The van der Waals surface area contributed by atoms with E-state index in [0.29, 0.717) is 12.0 Å². The van der Waals surface area contributed by atoms with Crippen molar-refractivity contribution in [3.8, 4) is 0 Å². The molecule has 7 nitrogen and oxygen atoms in total. The van der Waals surface area contributed by atoms with Gasteiger partial charge in [0.15, 0.2) is 5.96 Å². The van der Waals surface area contributed by atoms with Gasteiger partial charge in [-0.1, -0.05) is 6.42 Å². The van der Waals surface area contributed by atoms with Gasteiger partial charge in [-0.25, -0.2) is 4.98 Å². The number of aliphatic imine (C=N–C) groups is 1. The molecule has 0 aromatic carbocycles. The van der Waals surface area contributed by atoms with Gasteiger partial charge >= 0.3 is 0 Å². The zero-order chi connectivity index (χ0) is 21.1. The highest BCUT2D eigenvalue weighted by molar-refractivity contribution is 14.0. The molecular weight excluding hydrogens is 503 g/mol. The lowest BCUT2D eigenvalue weighted by Crippen LogP contribution is -2.57. The van der Waals surface area contributed by atoms with Gasteiger partial charge in [-0.3, -0.25) is 9.89 Å². The summed E-state index contributed by atoms with van der Waals surface area (Å²) in [6.45, 7) is 8.05. The van der Waals surface area contributed by atoms with E-state index >= 15 is 0 Å². The highest BCUT2D eigenvalue weighted by Gasteiger charge is 2.36. The van der Waals surface area contributed by atoms with E-state index in [9.17, 15) is 0 Å². The van der Waals surface area contributed by atoms with Crippen molar-refractivity contribution in [1.82, 2.24) is 25.4 Å². The maximum Gasteiger partial charge on any atom is 0.208 e. The van der Waals surface area contributed by atoms with E-state index in [4.69, 9.17) is 4.42 Å². The van der Waals surface area contributed by atoms with Gasteiger partial charge in [-0.15, -0.1) is 24.0 Å². The van der Waals surface area contributed by atoms with Crippen LogP contribution in [-0.4, -0.2) is 72.6 Å². The SMILES string of the molecule is CN=C(NCC1CCN(Cc2nc(C)c(C)o2)CC1)NC1CC2CCCC(C1)N2C.I. The van der Waals surface area contributed by atoms with Gasteiger partial charge in [0.1, 0.15) is 5.76 Å². The lowest BCUT2D eigenvalue weighted by atomic mass is 9.82. The number of nitrogens with zero attached hydrogens (tertiary/aromatic N) is 4. The molecule has 0 saturated carbocycles. The van der Waals surface area contributed by atoms with Gasteiger partial charge in [-0.05, 0) is 78.4 Å². The molecule has 4 heterocycles. The Morgan fingerprint density at radius 2 is 1.81 bits per heavy atom. The Balaban J connectivity index is 0.00000272. The Kier molecular flexibility index (Phi) is 9.04. The third-order valence-electron chi connectivity index (χ3n) is 7.60. The number of nitrogens with one attached hydrogen (secondary N) is 2.